The number of hydrogen-bond acceptors (Lipinski definition) is 5. The van der Waals surface area contributed by atoms with Crippen LogP contribution in [-0.4, -0.2) is 22.8 Å². The summed E-state index contributed by atoms with van der Waals surface area (Å²) in [6.45, 7) is 0.373. The number of ether oxygens (including phenoxy) is 1. The fourth-order valence-corrected chi connectivity index (χ4v) is 2.60. The predicted molar refractivity (Wildman–Crippen MR) is 103 cm³/mol. The lowest BCUT2D eigenvalue weighted by atomic mass is 9.93. The minimum Gasteiger partial charge on any atom is -0.489 e. The van der Waals surface area contributed by atoms with Gasteiger partial charge in [0.25, 0.3) is 0 Å². The number of fused-ring (bicyclic) bond motifs is 1. The van der Waals surface area contributed by atoms with E-state index in [1.54, 1.807) is 42.9 Å². The van der Waals surface area contributed by atoms with Gasteiger partial charge in [-0.3, -0.25) is 4.98 Å². The van der Waals surface area contributed by atoms with E-state index in [0.29, 0.717) is 35.0 Å². The monoisotopic (exact) mass is 356 g/mol. The number of aromatic nitrogens is 3. The Hall–Kier alpha value is -3.48. The molecule has 130 valence electrons. The standard InChI is InChI=1S/C20H14BFN4O/c21-17-8-14-11-24-20(25-16-3-1-2-15(22)9-16)26-18(14)10-19(17)27-12-13-4-6-23-7-5-13/h1-11H,12H2,(H,24,25,26). The average Bonchev–Trinajstić information content (AvgIpc) is 2.67. The number of nitrogens with zero attached hydrogens (tertiary/aromatic N) is 3. The predicted octanol–water partition coefficient (Wildman–Crippen LogP) is 3.28. The molecule has 2 aromatic carbocycles. The topological polar surface area (TPSA) is 59.9 Å². The van der Waals surface area contributed by atoms with Crippen molar-refractivity contribution in [2.45, 2.75) is 6.61 Å². The van der Waals surface area contributed by atoms with Crippen molar-refractivity contribution in [3.63, 3.8) is 0 Å². The van der Waals surface area contributed by atoms with E-state index < -0.39 is 0 Å². The minimum atomic E-state index is -0.333. The van der Waals surface area contributed by atoms with Gasteiger partial charge in [-0.2, -0.15) is 0 Å². The van der Waals surface area contributed by atoms with Crippen molar-refractivity contribution >= 4 is 35.8 Å². The SMILES string of the molecule is [B]c1cc2cnc(Nc3cccc(F)c3)nc2cc1OCc1ccncc1. The average molecular weight is 356 g/mol. The lowest BCUT2D eigenvalue weighted by Gasteiger charge is -2.11. The van der Waals surface area contributed by atoms with Crippen LogP contribution in [0.1, 0.15) is 5.56 Å². The van der Waals surface area contributed by atoms with Crippen LogP contribution in [0.2, 0.25) is 0 Å². The Balaban J connectivity index is 1.59. The maximum atomic E-state index is 13.3. The molecule has 0 fully saturated rings. The molecule has 4 aromatic rings. The van der Waals surface area contributed by atoms with Crippen molar-refractivity contribution < 1.29 is 9.13 Å². The second kappa shape index (κ2) is 7.41. The smallest absolute Gasteiger partial charge is 0.227 e. The Morgan fingerprint density at radius 1 is 1.07 bits per heavy atom. The van der Waals surface area contributed by atoms with Crippen LogP contribution in [0.3, 0.4) is 0 Å². The summed E-state index contributed by atoms with van der Waals surface area (Å²) in [7, 11) is 6.08. The summed E-state index contributed by atoms with van der Waals surface area (Å²) >= 11 is 0. The molecule has 0 amide bonds. The Morgan fingerprint density at radius 3 is 2.74 bits per heavy atom. The van der Waals surface area contributed by atoms with E-state index in [2.05, 4.69) is 20.3 Å². The van der Waals surface area contributed by atoms with Gasteiger partial charge in [-0.1, -0.05) is 17.6 Å². The van der Waals surface area contributed by atoms with E-state index in [1.165, 1.54) is 12.1 Å². The first-order valence-corrected chi connectivity index (χ1v) is 8.28. The van der Waals surface area contributed by atoms with Crippen molar-refractivity contribution in [2.75, 3.05) is 5.32 Å². The molecule has 0 aliphatic heterocycles. The first-order valence-electron chi connectivity index (χ1n) is 8.28. The van der Waals surface area contributed by atoms with Crippen LogP contribution in [0.15, 0.2) is 67.1 Å². The Labute approximate surface area is 156 Å². The summed E-state index contributed by atoms with van der Waals surface area (Å²) in [6, 6.07) is 13.4. The van der Waals surface area contributed by atoms with Crippen LogP contribution in [0.4, 0.5) is 16.0 Å². The molecule has 27 heavy (non-hydrogen) atoms. The molecule has 2 radical (unpaired) electrons. The Bertz CT molecular complexity index is 1090. The van der Waals surface area contributed by atoms with Gasteiger partial charge >= 0.3 is 0 Å². The molecule has 0 saturated heterocycles. The van der Waals surface area contributed by atoms with Gasteiger partial charge in [0, 0.05) is 35.7 Å². The van der Waals surface area contributed by atoms with Crippen molar-refractivity contribution in [1.29, 1.82) is 0 Å². The zero-order valence-electron chi connectivity index (χ0n) is 14.3. The highest BCUT2D eigenvalue weighted by Gasteiger charge is 2.07. The molecule has 4 rings (SSSR count). The van der Waals surface area contributed by atoms with Gasteiger partial charge in [-0.25, -0.2) is 14.4 Å². The van der Waals surface area contributed by atoms with Crippen LogP contribution < -0.4 is 15.5 Å². The molecule has 1 N–H and O–H groups in total. The maximum absolute atomic E-state index is 13.3. The summed E-state index contributed by atoms with van der Waals surface area (Å²) < 4.78 is 19.2. The largest absolute Gasteiger partial charge is 0.489 e. The van der Waals surface area contributed by atoms with Gasteiger partial charge in [-0.15, -0.1) is 0 Å². The van der Waals surface area contributed by atoms with Gasteiger partial charge in [0.15, 0.2) is 0 Å². The number of rotatable bonds is 5. The van der Waals surface area contributed by atoms with Crippen LogP contribution in [-0.2, 0) is 6.61 Å². The van der Waals surface area contributed by atoms with E-state index in [9.17, 15) is 4.39 Å². The molecule has 7 heteroatoms. The summed E-state index contributed by atoms with van der Waals surface area (Å²) in [5.41, 5.74) is 2.73. The zero-order chi connectivity index (χ0) is 18.6. The van der Waals surface area contributed by atoms with Crippen molar-refractivity contribution in [1.82, 2.24) is 15.0 Å². The lowest BCUT2D eigenvalue weighted by molar-refractivity contribution is 0.309. The number of hydrogen-bond donors (Lipinski definition) is 1. The molecule has 5 nitrogen and oxygen atoms in total. The summed E-state index contributed by atoms with van der Waals surface area (Å²) in [5.74, 6) is 0.563. The highest BCUT2D eigenvalue weighted by Crippen LogP contribution is 2.20. The number of benzene rings is 2. The zero-order valence-corrected chi connectivity index (χ0v) is 14.3. The van der Waals surface area contributed by atoms with Gasteiger partial charge in [-0.05, 0) is 35.9 Å². The van der Waals surface area contributed by atoms with Crippen molar-refractivity contribution in [3.8, 4) is 5.75 Å². The van der Waals surface area contributed by atoms with Gasteiger partial charge in [0.1, 0.15) is 26.0 Å². The molecule has 0 bridgehead atoms. The number of nitrogens with one attached hydrogen (secondary N) is 1. The number of anilines is 2. The molecular weight excluding hydrogens is 342 g/mol. The highest BCUT2D eigenvalue weighted by molar-refractivity contribution is 6.35. The molecule has 0 aliphatic carbocycles. The molecule has 0 aliphatic rings. The molecule has 2 heterocycles. The van der Waals surface area contributed by atoms with Crippen LogP contribution >= 0.6 is 0 Å². The van der Waals surface area contributed by atoms with E-state index in [4.69, 9.17) is 12.6 Å². The molecule has 0 saturated carbocycles. The maximum Gasteiger partial charge on any atom is 0.227 e. The fourth-order valence-electron chi connectivity index (χ4n) is 2.60. The van der Waals surface area contributed by atoms with E-state index in [1.807, 2.05) is 12.1 Å². The van der Waals surface area contributed by atoms with E-state index in [-0.39, 0.29) is 5.82 Å². The third-order valence-electron chi connectivity index (χ3n) is 3.94. The summed E-state index contributed by atoms with van der Waals surface area (Å²) in [4.78, 5) is 12.7. The fraction of sp³-hybridized carbons (Fsp3) is 0.0500. The molecule has 0 spiro atoms. The van der Waals surface area contributed by atoms with Crippen molar-refractivity contribution in [2.24, 2.45) is 0 Å². The van der Waals surface area contributed by atoms with E-state index in [0.717, 1.165) is 10.9 Å². The molecule has 2 aromatic heterocycles. The van der Waals surface area contributed by atoms with Crippen LogP contribution in [0, 0.1) is 5.82 Å². The molecule has 0 atom stereocenters. The van der Waals surface area contributed by atoms with Crippen LogP contribution in [0.25, 0.3) is 10.9 Å². The molecule has 0 unspecified atom stereocenters. The van der Waals surface area contributed by atoms with Gasteiger partial charge < -0.3 is 10.1 Å². The summed E-state index contributed by atoms with van der Waals surface area (Å²) in [6.07, 6.45) is 5.08. The Kier molecular flexibility index (Phi) is 4.66. The second-order valence-electron chi connectivity index (χ2n) is 5.92. The Morgan fingerprint density at radius 2 is 1.93 bits per heavy atom. The first-order chi connectivity index (χ1) is 13.2. The van der Waals surface area contributed by atoms with Gasteiger partial charge in [0.05, 0.1) is 5.52 Å². The minimum absolute atomic E-state index is 0.333. The molecular formula is C20H14BFN4O. The van der Waals surface area contributed by atoms with Crippen LogP contribution in [0.5, 0.6) is 5.75 Å². The summed E-state index contributed by atoms with van der Waals surface area (Å²) in [5, 5.41) is 3.77. The second-order valence-corrected chi connectivity index (χ2v) is 5.92. The third-order valence-corrected chi connectivity index (χ3v) is 3.94. The third kappa shape index (κ3) is 4.03. The highest BCUT2D eigenvalue weighted by atomic mass is 19.1. The van der Waals surface area contributed by atoms with E-state index >= 15 is 0 Å². The lowest BCUT2D eigenvalue weighted by Crippen LogP contribution is -2.10. The van der Waals surface area contributed by atoms with Crippen molar-refractivity contribution in [3.05, 3.63) is 78.5 Å². The number of pyridine rings is 1. The first kappa shape index (κ1) is 17.0. The van der Waals surface area contributed by atoms with Gasteiger partial charge in [0.2, 0.25) is 5.95 Å². The number of halogens is 1. The quantitative estimate of drug-likeness (QED) is 0.556. The normalized spacial score (nSPS) is 10.7.